The third-order valence-corrected chi connectivity index (χ3v) is 1.23. The summed E-state index contributed by atoms with van der Waals surface area (Å²) in [5.74, 6) is -0.505. The predicted molar refractivity (Wildman–Crippen MR) is 37.0 cm³/mol. The molecule has 0 radical (unpaired) electrons. The van der Waals surface area contributed by atoms with E-state index in [0.717, 1.165) is 11.6 Å². The Morgan fingerprint density at radius 1 is 1.50 bits per heavy atom. The molecule has 1 atom stereocenters. The zero-order valence-corrected chi connectivity index (χ0v) is 5.64. The zero-order chi connectivity index (χ0) is 7.56. The van der Waals surface area contributed by atoms with Gasteiger partial charge in [0.05, 0.1) is 0 Å². The Balaban J connectivity index is 2.88. The van der Waals surface area contributed by atoms with Crippen LogP contribution in [0.25, 0.3) is 0 Å². The Bertz CT molecular complexity index is 211. The van der Waals surface area contributed by atoms with Crippen LogP contribution in [0.15, 0.2) is 35.7 Å². The summed E-state index contributed by atoms with van der Waals surface area (Å²) in [5.41, 5.74) is 0.730. The van der Waals surface area contributed by atoms with Crippen LogP contribution in [-0.2, 0) is 0 Å². The summed E-state index contributed by atoms with van der Waals surface area (Å²) in [7, 11) is 0. The molecule has 1 aliphatic rings. The van der Waals surface area contributed by atoms with Crippen molar-refractivity contribution in [3.05, 3.63) is 35.7 Å². The first kappa shape index (κ1) is 7.19. The highest BCUT2D eigenvalue weighted by Crippen LogP contribution is 2.13. The molecule has 0 aromatic heterocycles. The lowest BCUT2D eigenvalue weighted by Gasteiger charge is -1.88. The molecule has 1 unspecified atom stereocenters. The Morgan fingerprint density at radius 3 is 2.90 bits per heavy atom. The van der Waals surface area contributed by atoms with Crippen molar-refractivity contribution >= 4 is 0 Å². The highest BCUT2D eigenvalue weighted by atomic mass is 19.1. The fourth-order valence-corrected chi connectivity index (χ4v) is 0.765. The van der Waals surface area contributed by atoms with Crippen LogP contribution in [0.4, 0.5) is 8.78 Å². The molecule has 0 N–H and O–H groups in total. The van der Waals surface area contributed by atoms with Crippen LogP contribution in [0.5, 0.6) is 0 Å². The molecular formula is C8H8F2. The minimum absolute atomic E-state index is 0.505. The van der Waals surface area contributed by atoms with Gasteiger partial charge in [-0.2, -0.15) is 0 Å². The molecule has 10 heavy (non-hydrogen) atoms. The molecule has 0 amide bonds. The van der Waals surface area contributed by atoms with Crippen molar-refractivity contribution < 1.29 is 8.78 Å². The van der Waals surface area contributed by atoms with Crippen LogP contribution in [0.1, 0.15) is 6.92 Å². The first-order valence-electron chi connectivity index (χ1n) is 3.06. The molecule has 0 aromatic carbocycles. The lowest BCUT2D eigenvalue weighted by atomic mass is 10.3. The van der Waals surface area contributed by atoms with Gasteiger partial charge in [0.25, 0.3) is 0 Å². The lowest BCUT2D eigenvalue weighted by Crippen LogP contribution is -1.86. The van der Waals surface area contributed by atoms with Gasteiger partial charge >= 0.3 is 0 Å². The van der Waals surface area contributed by atoms with E-state index in [9.17, 15) is 8.78 Å². The van der Waals surface area contributed by atoms with Crippen molar-refractivity contribution in [3.8, 4) is 0 Å². The maximum Gasteiger partial charge on any atom is 0.140 e. The molecule has 0 aliphatic heterocycles. The van der Waals surface area contributed by atoms with Gasteiger partial charge < -0.3 is 0 Å². The predicted octanol–water partition coefficient (Wildman–Crippen LogP) is 2.69. The van der Waals surface area contributed by atoms with Gasteiger partial charge in [0.15, 0.2) is 0 Å². The fraction of sp³-hybridized carbons (Fsp3) is 0.250. The highest BCUT2D eigenvalue weighted by molar-refractivity contribution is 5.30. The Labute approximate surface area is 58.6 Å². The first-order chi connectivity index (χ1) is 4.68. The summed E-state index contributed by atoms with van der Waals surface area (Å²) in [6.45, 7) is 1.72. The molecule has 0 bridgehead atoms. The zero-order valence-electron chi connectivity index (χ0n) is 5.64. The van der Waals surface area contributed by atoms with Gasteiger partial charge in [-0.05, 0) is 30.7 Å². The average Bonchev–Trinajstić information content (AvgIpc) is 1.93. The molecule has 54 valence electrons. The van der Waals surface area contributed by atoms with E-state index in [1.165, 1.54) is 12.2 Å². The van der Waals surface area contributed by atoms with E-state index in [2.05, 4.69) is 0 Å². The van der Waals surface area contributed by atoms with E-state index in [0.29, 0.717) is 0 Å². The second-order valence-electron chi connectivity index (χ2n) is 2.24. The Morgan fingerprint density at radius 2 is 2.20 bits per heavy atom. The summed E-state index contributed by atoms with van der Waals surface area (Å²) >= 11 is 0. The molecule has 0 heterocycles. The quantitative estimate of drug-likeness (QED) is 0.487. The number of rotatable bonds is 0. The van der Waals surface area contributed by atoms with Crippen molar-refractivity contribution in [1.29, 1.82) is 0 Å². The van der Waals surface area contributed by atoms with Crippen molar-refractivity contribution in [2.75, 3.05) is 0 Å². The molecular weight excluding hydrogens is 134 g/mol. The number of alkyl halides is 1. The molecule has 1 rings (SSSR count). The molecule has 0 spiro atoms. The van der Waals surface area contributed by atoms with Gasteiger partial charge in [-0.25, -0.2) is 8.78 Å². The average molecular weight is 142 g/mol. The van der Waals surface area contributed by atoms with Crippen LogP contribution < -0.4 is 0 Å². The smallest absolute Gasteiger partial charge is 0.140 e. The minimum atomic E-state index is -1.28. The van der Waals surface area contributed by atoms with Gasteiger partial charge in [-0.15, -0.1) is 0 Å². The highest BCUT2D eigenvalue weighted by Gasteiger charge is 2.02. The largest absolute Gasteiger partial charge is 0.238 e. The van der Waals surface area contributed by atoms with Crippen LogP contribution in [0.2, 0.25) is 0 Å². The molecule has 0 saturated carbocycles. The number of hydrogen-bond donors (Lipinski definition) is 0. The van der Waals surface area contributed by atoms with Crippen LogP contribution in [0.3, 0.4) is 0 Å². The van der Waals surface area contributed by atoms with Gasteiger partial charge in [0.2, 0.25) is 0 Å². The summed E-state index contributed by atoms with van der Waals surface area (Å²) in [4.78, 5) is 0. The van der Waals surface area contributed by atoms with Gasteiger partial charge in [0, 0.05) is 0 Å². The molecule has 2 heteroatoms. The summed E-state index contributed by atoms with van der Waals surface area (Å²) in [5, 5.41) is 0. The fourth-order valence-electron chi connectivity index (χ4n) is 0.765. The van der Waals surface area contributed by atoms with Crippen molar-refractivity contribution in [2.24, 2.45) is 0 Å². The van der Waals surface area contributed by atoms with E-state index in [1.54, 1.807) is 13.0 Å². The Kier molecular flexibility index (Phi) is 2.00. The van der Waals surface area contributed by atoms with E-state index >= 15 is 0 Å². The first-order valence-corrected chi connectivity index (χ1v) is 3.06. The lowest BCUT2D eigenvalue weighted by molar-refractivity contribution is 0.461. The maximum atomic E-state index is 12.4. The minimum Gasteiger partial charge on any atom is -0.238 e. The summed E-state index contributed by atoms with van der Waals surface area (Å²) in [6.07, 6.45) is 3.84. The second-order valence-corrected chi connectivity index (χ2v) is 2.24. The molecule has 0 saturated heterocycles. The van der Waals surface area contributed by atoms with Crippen LogP contribution in [-0.4, -0.2) is 6.17 Å². The normalized spacial score (nSPS) is 25.3. The van der Waals surface area contributed by atoms with E-state index in [1.807, 2.05) is 0 Å². The second kappa shape index (κ2) is 2.78. The molecule has 0 nitrogen and oxygen atoms in total. The van der Waals surface area contributed by atoms with Crippen molar-refractivity contribution in [1.82, 2.24) is 0 Å². The maximum absolute atomic E-state index is 12.4. The Hall–Kier alpha value is -0.920. The monoisotopic (exact) mass is 142 g/mol. The summed E-state index contributed by atoms with van der Waals surface area (Å²) in [6, 6.07) is 0. The third-order valence-electron chi connectivity index (χ3n) is 1.23. The van der Waals surface area contributed by atoms with E-state index in [4.69, 9.17) is 0 Å². The molecule has 0 aromatic rings. The topological polar surface area (TPSA) is 0 Å². The number of hydrogen-bond acceptors (Lipinski definition) is 0. The number of halogens is 2. The van der Waals surface area contributed by atoms with Crippen molar-refractivity contribution in [3.63, 3.8) is 0 Å². The van der Waals surface area contributed by atoms with Gasteiger partial charge in [0.1, 0.15) is 12.0 Å². The SMILES string of the molecule is CC1=CC(F)=CC(F)C=C1. The van der Waals surface area contributed by atoms with Crippen LogP contribution in [0, 0.1) is 0 Å². The van der Waals surface area contributed by atoms with E-state index < -0.39 is 12.0 Å². The van der Waals surface area contributed by atoms with Gasteiger partial charge in [-0.1, -0.05) is 6.08 Å². The van der Waals surface area contributed by atoms with E-state index in [-0.39, 0.29) is 0 Å². The summed E-state index contributed by atoms with van der Waals surface area (Å²) < 4.78 is 24.9. The standard InChI is InChI=1S/C8H8F2/c1-6-2-3-7(9)5-8(10)4-6/h2-5,7H,1H3. The third kappa shape index (κ3) is 1.79. The number of allylic oxidation sites excluding steroid dienone is 6. The van der Waals surface area contributed by atoms with Gasteiger partial charge in [-0.3, -0.25) is 0 Å². The molecule has 1 aliphatic carbocycles. The molecule has 0 fully saturated rings. The van der Waals surface area contributed by atoms with Crippen molar-refractivity contribution in [2.45, 2.75) is 13.1 Å². The van der Waals surface area contributed by atoms with Crippen LogP contribution >= 0.6 is 0 Å².